The molecule has 1 heterocycles. The summed E-state index contributed by atoms with van der Waals surface area (Å²) in [6, 6.07) is 18.1. The van der Waals surface area contributed by atoms with Gasteiger partial charge in [-0.05, 0) is 60.0 Å². The van der Waals surface area contributed by atoms with Gasteiger partial charge >= 0.3 is 5.97 Å². The van der Waals surface area contributed by atoms with Crippen molar-refractivity contribution in [2.45, 2.75) is 19.0 Å². The molecule has 0 N–H and O–H groups in total. The third kappa shape index (κ3) is 6.92. The van der Waals surface area contributed by atoms with Crippen LogP contribution in [0.5, 0.6) is 0 Å². The molecule has 0 spiro atoms. The van der Waals surface area contributed by atoms with Crippen LogP contribution < -0.4 is 0 Å². The van der Waals surface area contributed by atoms with Crippen LogP contribution in [0.2, 0.25) is 5.02 Å². The lowest BCUT2D eigenvalue weighted by molar-refractivity contribution is -0.384. The van der Waals surface area contributed by atoms with Crippen molar-refractivity contribution in [3.8, 4) is 0 Å². The van der Waals surface area contributed by atoms with E-state index in [0.717, 1.165) is 5.41 Å². The zero-order chi connectivity index (χ0) is 28.9. The van der Waals surface area contributed by atoms with E-state index in [1.165, 1.54) is 41.8 Å². The topological polar surface area (TPSA) is 127 Å². The Balaban J connectivity index is 1.56. The summed E-state index contributed by atoms with van der Waals surface area (Å²) in [5.74, 6) is -0.887. The molecule has 1 aliphatic heterocycles. The summed E-state index contributed by atoms with van der Waals surface area (Å²) >= 11 is 5.90. The highest BCUT2D eigenvalue weighted by atomic mass is 35.5. The number of nitro benzene ring substituents is 1. The molecule has 12 heteroatoms. The SMILES string of the molecule is COC(=O)c1ccc(CN(C(=O)c2ccc([N+](=O)[O-])cc2)C2CCN(S(=O)(=O)/C=C/c3ccc(Cl)cc3)C2)cc1. The first kappa shape index (κ1) is 28.9. The third-order valence-electron chi connectivity index (χ3n) is 6.54. The van der Waals surface area contributed by atoms with E-state index in [4.69, 9.17) is 16.3 Å². The highest BCUT2D eigenvalue weighted by molar-refractivity contribution is 7.92. The number of hydrogen-bond donors (Lipinski definition) is 0. The van der Waals surface area contributed by atoms with E-state index >= 15 is 0 Å². The van der Waals surface area contributed by atoms with Crippen molar-refractivity contribution < 1.29 is 27.7 Å². The Kier molecular flexibility index (Phi) is 8.98. The first-order valence-corrected chi connectivity index (χ1v) is 14.1. The van der Waals surface area contributed by atoms with Gasteiger partial charge in [0.05, 0.1) is 17.6 Å². The molecule has 1 amide bonds. The van der Waals surface area contributed by atoms with Crippen molar-refractivity contribution >= 4 is 45.3 Å². The van der Waals surface area contributed by atoms with Crippen LogP contribution in [-0.2, 0) is 21.3 Å². The van der Waals surface area contributed by atoms with Gasteiger partial charge in [0.2, 0.25) is 10.0 Å². The van der Waals surface area contributed by atoms with Crippen LogP contribution in [0.4, 0.5) is 5.69 Å². The second-order valence-electron chi connectivity index (χ2n) is 9.13. The maximum atomic E-state index is 13.6. The zero-order valence-corrected chi connectivity index (χ0v) is 23.0. The predicted octanol–water partition coefficient (Wildman–Crippen LogP) is 4.75. The second kappa shape index (κ2) is 12.4. The molecule has 10 nitrogen and oxygen atoms in total. The van der Waals surface area contributed by atoms with Crippen LogP contribution in [0, 0.1) is 10.1 Å². The van der Waals surface area contributed by atoms with Crippen LogP contribution >= 0.6 is 11.6 Å². The van der Waals surface area contributed by atoms with E-state index < -0.39 is 32.9 Å². The first-order chi connectivity index (χ1) is 19.1. The van der Waals surface area contributed by atoms with Crippen LogP contribution in [0.1, 0.15) is 38.3 Å². The number of carbonyl (C=O) groups is 2. The monoisotopic (exact) mass is 583 g/mol. The van der Waals surface area contributed by atoms with Gasteiger partial charge < -0.3 is 9.64 Å². The van der Waals surface area contributed by atoms with Crippen LogP contribution in [0.3, 0.4) is 0 Å². The highest BCUT2D eigenvalue weighted by Gasteiger charge is 2.36. The van der Waals surface area contributed by atoms with Gasteiger partial charge in [0.15, 0.2) is 0 Å². The van der Waals surface area contributed by atoms with Gasteiger partial charge in [0.25, 0.3) is 11.6 Å². The fourth-order valence-corrected chi connectivity index (χ4v) is 5.71. The van der Waals surface area contributed by atoms with Gasteiger partial charge in [0.1, 0.15) is 0 Å². The molecule has 40 heavy (non-hydrogen) atoms. The number of hydrogen-bond acceptors (Lipinski definition) is 7. The number of carbonyl (C=O) groups excluding carboxylic acids is 2. The van der Waals surface area contributed by atoms with Gasteiger partial charge in [0, 0.05) is 53.8 Å². The molecule has 1 atom stereocenters. The summed E-state index contributed by atoms with van der Waals surface area (Å²) in [6.07, 6.45) is 1.88. The summed E-state index contributed by atoms with van der Waals surface area (Å²) < 4.78 is 32.2. The fourth-order valence-electron chi connectivity index (χ4n) is 4.34. The lowest BCUT2D eigenvalue weighted by atomic mass is 10.1. The number of methoxy groups -OCH3 is 1. The van der Waals surface area contributed by atoms with E-state index in [2.05, 4.69) is 0 Å². The zero-order valence-electron chi connectivity index (χ0n) is 21.5. The molecule has 1 saturated heterocycles. The normalized spacial score (nSPS) is 15.7. The Morgan fingerprint density at radius 1 is 1.05 bits per heavy atom. The molecule has 1 fully saturated rings. The van der Waals surface area contributed by atoms with Gasteiger partial charge in [-0.25, -0.2) is 13.2 Å². The average Bonchev–Trinajstić information content (AvgIpc) is 3.46. The predicted molar refractivity (Wildman–Crippen MR) is 150 cm³/mol. The highest BCUT2D eigenvalue weighted by Crippen LogP contribution is 2.25. The fraction of sp³-hybridized carbons (Fsp3) is 0.214. The number of benzene rings is 3. The van der Waals surface area contributed by atoms with Crippen molar-refractivity contribution in [3.63, 3.8) is 0 Å². The average molecular weight is 584 g/mol. The second-order valence-corrected chi connectivity index (χ2v) is 11.4. The van der Waals surface area contributed by atoms with Crippen LogP contribution in [0.25, 0.3) is 6.08 Å². The number of rotatable bonds is 9. The third-order valence-corrected chi connectivity index (χ3v) is 8.33. The summed E-state index contributed by atoms with van der Waals surface area (Å²) in [4.78, 5) is 37.5. The molecule has 4 rings (SSSR count). The number of amides is 1. The molecular weight excluding hydrogens is 558 g/mol. The quantitative estimate of drug-likeness (QED) is 0.202. The summed E-state index contributed by atoms with van der Waals surface area (Å²) in [5.41, 5.74) is 1.83. The van der Waals surface area contributed by atoms with Crippen molar-refractivity contribution in [1.82, 2.24) is 9.21 Å². The molecule has 1 aliphatic rings. The van der Waals surface area contributed by atoms with Crippen molar-refractivity contribution in [1.29, 1.82) is 0 Å². The molecule has 3 aromatic rings. The molecule has 0 saturated carbocycles. The Bertz CT molecular complexity index is 1520. The summed E-state index contributed by atoms with van der Waals surface area (Å²) in [7, 11) is -2.49. The molecule has 0 bridgehead atoms. The van der Waals surface area contributed by atoms with E-state index in [1.807, 2.05) is 0 Å². The maximum Gasteiger partial charge on any atom is 0.337 e. The summed E-state index contributed by atoms with van der Waals surface area (Å²) in [5, 5.41) is 12.7. The van der Waals surface area contributed by atoms with Gasteiger partial charge in [-0.3, -0.25) is 14.9 Å². The van der Waals surface area contributed by atoms with Gasteiger partial charge in [-0.2, -0.15) is 4.31 Å². The Morgan fingerprint density at radius 3 is 2.27 bits per heavy atom. The minimum absolute atomic E-state index is 0.0757. The number of ether oxygens (including phenoxy) is 1. The molecule has 0 radical (unpaired) electrons. The van der Waals surface area contributed by atoms with E-state index in [0.29, 0.717) is 28.1 Å². The van der Waals surface area contributed by atoms with Crippen LogP contribution in [0.15, 0.2) is 78.2 Å². The minimum atomic E-state index is -3.78. The molecule has 0 aliphatic carbocycles. The number of esters is 1. The van der Waals surface area contributed by atoms with Crippen LogP contribution in [-0.4, -0.2) is 60.7 Å². The van der Waals surface area contributed by atoms with Crippen molar-refractivity contribution in [2.75, 3.05) is 20.2 Å². The van der Waals surface area contributed by atoms with Crippen molar-refractivity contribution in [2.24, 2.45) is 0 Å². The molecule has 0 aromatic heterocycles. The van der Waals surface area contributed by atoms with Gasteiger partial charge in [-0.15, -0.1) is 0 Å². The van der Waals surface area contributed by atoms with Gasteiger partial charge in [-0.1, -0.05) is 35.9 Å². The van der Waals surface area contributed by atoms with Crippen molar-refractivity contribution in [3.05, 3.63) is 116 Å². The van der Waals surface area contributed by atoms with E-state index in [1.54, 1.807) is 53.4 Å². The largest absolute Gasteiger partial charge is 0.465 e. The van der Waals surface area contributed by atoms with E-state index in [-0.39, 0.29) is 30.9 Å². The number of nitrogens with zero attached hydrogens (tertiary/aromatic N) is 3. The van der Waals surface area contributed by atoms with E-state index in [9.17, 15) is 28.1 Å². The lowest BCUT2D eigenvalue weighted by Crippen LogP contribution is -2.42. The Hall–Kier alpha value is -4.06. The maximum absolute atomic E-state index is 13.6. The number of sulfonamides is 1. The summed E-state index contributed by atoms with van der Waals surface area (Å²) in [6.45, 7) is 0.423. The smallest absolute Gasteiger partial charge is 0.337 e. The molecule has 208 valence electrons. The standard InChI is InChI=1S/C28H26ClN3O7S/c1-39-28(34)23-6-2-21(3-7-23)18-31(27(33)22-8-12-25(13-9-22)32(35)36)26-14-16-30(19-26)40(37,38)17-15-20-4-10-24(29)11-5-20/h2-13,15,17,26H,14,16,18-19H2,1H3/b17-15+. The minimum Gasteiger partial charge on any atom is -0.465 e. The Labute approximate surface area is 236 Å². The first-order valence-electron chi connectivity index (χ1n) is 12.2. The number of non-ortho nitro benzene ring substituents is 1. The number of nitro groups is 1. The molecular formula is C28H26ClN3O7S. The number of halogens is 1. The lowest BCUT2D eigenvalue weighted by Gasteiger charge is -2.29. The molecule has 1 unspecified atom stereocenters. The molecule has 3 aromatic carbocycles. The Morgan fingerprint density at radius 2 is 1.68 bits per heavy atom.